The average molecular weight is 452 g/mol. The van der Waals surface area contributed by atoms with Crippen LogP contribution in [0.4, 0.5) is 0 Å². The quantitative estimate of drug-likeness (QED) is 0.267. The molecule has 0 aliphatic carbocycles. The zero-order valence-electron chi connectivity index (χ0n) is 19.4. The van der Waals surface area contributed by atoms with Crippen molar-refractivity contribution in [2.24, 2.45) is 0 Å². The van der Waals surface area contributed by atoms with Crippen LogP contribution in [0.5, 0.6) is 0 Å². The van der Waals surface area contributed by atoms with Gasteiger partial charge in [-0.1, -0.05) is 36.4 Å². The third kappa shape index (κ3) is 3.11. The summed E-state index contributed by atoms with van der Waals surface area (Å²) in [7, 11) is 0. The molecule has 3 aromatic carbocycles. The molecule has 35 heavy (non-hydrogen) atoms. The fourth-order valence-electron chi connectivity index (χ4n) is 4.96. The Labute approximate surface area is 201 Å². The Kier molecular flexibility index (Phi) is 4.24. The lowest BCUT2D eigenvalue weighted by Gasteiger charge is -2.10. The molecule has 0 N–H and O–H groups in total. The van der Waals surface area contributed by atoms with Crippen LogP contribution in [0.15, 0.2) is 95.7 Å². The van der Waals surface area contributed by atoms with Crippen LogP contribution in [0.1, 0.15) is 11.3 Å². The van der Waals surface area contributed by atoms with Crippen molar-refractivity contribution in [1.29, 1.82) is 0 Å². The molecule has 7 aromatic rings. The lowest BCUT2D eigenvalue weighted by atomic mass is 9.97. The van der Waals surface area contributed by atoms with Crippen molar-refractivity contribution in [3.63, 3.8) is 0 Å². The van der Waals surface area contributed by atoms with Crippen LogP contribution >= 0.6 is 0 Å². The Bertz CT molecular complexity index is 1930. The zero-order valence-corrected chi connectivity index (χ0v) is 19.4. The molecule has 4 heterocycles. The van der Waals surface area contributed by atoms with Gasteiger partial charge in [-0.05, 0) is 73.0 Å². The first kappa shape index (κ1) is 19.9. The van der Waals surface area contributed by atoms with Crippen LogP contribution in [-0.4, -0.2) is 15.0 Å². The maximum absolute atomic E-state index is 6.53. The maximum atomic E-state index is 6.53. The van der Waals surface area contributed by atoms with E-state index in [1.165, 1.54) is 0 Å². The summed E-state index contributed by atoms with van der Waals surface area (Å²) in [5.41, 5.74) is 9.80. The van der Waals surface area contributed by atoms with Crippen molar-refractivity contribution < 1.29 is 4.42 Å². The monoisotopic (exact) mass is 451 g/mol. The molecule has 166 valence electrons. The van der Waals surface area contributed by atoms with E-state index < -0.39 is 0 Å². The number of benzene rings is 3. The van der Waals surface area contributed by atoms with E-state index >= 15 is 0 Å². The van der Waals surface area contributed by atoms with Crippen LogP contribution in [0.25, 0.3) is 66.1 Å². The van der Waals surface area contributed by atoms with E-state index in [-0.39, 0.29) is 0 Å². The van der Waals surface area contributed by atoms with Gasteiger partial charge in [0.25, 0.3) is 0 Å². The number of furan rings is 1. The van der Waals surface area contributed by atoms with E-state index in [0.717, 1.165) is 77.4 Å². The second kappa shape index (κ2) is 7.47. The van der Waals surface area contributed by atoms with Crippen molar-refractivity contribution in [3.05, 3.63) is 103 Å². The van der Waals surface area contributed by atoms with E-state index in [1.807, 2.05) is 31.5 Å². The van der Waals surface area contributed by atoms with Crippen molar-refractivity contribution in [2.45, 2.75) is 13.8 Å². The minimum Gasteiger partial charge on any atom is -0.453 e. The standard InChI is InChI=1S/C31H21N3O/c1-18-17-33-28(16-26(18)21-11-13-27-22(15-21)5-4-14-32-27)25-7-3-6-23-24-12-10-20-9-8-19(2)34-29(20)31(24)35-30(23)25/h3-17H,1-2H3. The van der Waals surface area contributed by atoms with Gasteiger partial charge in [-0.25, -0.2) is 4.98 Å². The summed E-state index contributed by atoms with van der Waals surface area (Å²) in [5, 5.41) is 4.34. The Balaban J connectivity index is 1.45. The second-order valence-electron chi connectivity index (χ2n) is 9.05. The van der Waals surface area contributed by atoms with Gasteiger partial charge in [-0.15, -0.1) is 0 Å². The van der Waals surface area contributed by atoms with Crippen molar-refractivity contribution >= 4 is 43.7 Å². The number of aromatic nitrogens is 3. The molecule has 0 bridgehead atoms. The van der Waals surface area contributed by atoms with Crippen molar-refractivity contribution in [3.8, 4) is 22.4 Å². The molecule has 0 saturated carbocycles. The molecule has 0 atom stereocenters. The minimum absolute atomic E-state index is 0.822. The molecular weight excluding hydrogens is 430 g/mol. The molecule has 0 amide bonds. The maximum Gasteiger partial charge on any atom is 0.161 e. The first-order valence-corrected chi connectivity index (χ1v) is 11.7. The SMILES string of the molecule is Cc1ccc2ccc3c4cccc(-c5cc(-c6ccc7ncccc7c6)c(C)cn5)c4oc3c2n1. The number of hydrogen-bond donors (Lipinski definition) is 0. The molecule has 0 aliphatic rings. The highest BCUT2D eigenvalue weighted by atomic mass is 16.3. The second-order valence-corrected chi connectivity index (χ2v) is 9.05. The highest BCUT2D eigenvalue weighted by Gasteiger charge is 2.16. The summed E-state index contributed by atoms with van der Waals surface area (Å²) in [4.78, 5) is 14.0. The topological polar surface area (TPSA) is 51.8 Å². The summed E-state index contributed by atoms with van der Waals surface area (Å²) in [5.74, 6) is 0. The summed E-state index contributed by atoms with van der Waals surface area (Å²) in [6.45, 7) is 4.11. The van der Waals surface area contributed by atoms with Crippen LogP contribution in [0.2, 0.25) is 0 Å². The van der Waals surface area contributed by atoms with Crippen molar-refractivity contribution in [2.75, 3.05) is 0 Å². The number of aryl methyl sites for hydroxylation is 2. The Morgan fingerprint density at radius 1 is 0.686 bits per heavy atom. The minimum atomic E-state index is 0.822. The van der Waals surface area contributed by atoms with Crippen LogP contribution < -0.4 is 0 Å². The van der Waals surface area contributed by atoms with Gasteiger partial charge >= 0.3 is 0 Å². The van der Waals surface area contributed by atoms with Gasteiger partial charge in [-0.3, -0.25) is 9.97 Å². The fraction of sp³-hybridized carbons (Fsp3) is 0.0645. The van der Waals surface area contributed by atoms with E-state index in [0.29, 0.717) is 0 Å². The number of fused-ring (bicyclic) bond motifs is 6. The van der Waals surface area contributed by atoms with Gasteiger partial charge in [0.05, 0.1) is 11.2 Å². The lowest BCUT2D eigenvalue weighted by molar-refractivity contribution is 0.672. The Morgan fingerprint density at radius 2 is 1.57 bits per heavy atom. The zero-order chi connectivity index (χ0) is 23.5. The molecule has 4 aromatic heterocycles. The van der Waals surface area contributed by atoms with Gasteiger partial charge in [-0.2, -0.15) is 0 Å². The Morgan fingerprint density at radius 3 is 2.51 bits per heavy atom. The van der Waals surface area contributed by atoms with E-state index in [2.05, 4.69) is 78.6 Å². The normalized spacial score (nSPS) is 11.7. The molecule has 0 saturated heterocycles. The largest absolute Gasteiger partial charge is 0.453 e. The highest BCUT2D eigenvalue weighted by Crippen LogP contribution is 2.39. The lowest BCUT2D eigenvalue weighted by Crippen LogP contribution is -1.90. The number of para-hydroxylation sites is 1. The average Bonchev–Trinajstić information content (AvgIpc) is 3.28. The first-order valence-electron chi connectivity index (χ1n) is 11.7. The third-order valence-electron chi connectivity index (χ3n) is 6.76. The van der Waals surface area contributed by atoms with Crippen LogP contribution in [0.3, 0.4) is 0 Å². The third-order valence-corrected chi connectivity index (χ3v) is 6.76. The fourth-order valence-corrected chi connectivity index (χ4v) is 4.96. The smallest absolute Gasteiger partial charge is 0.161 e. The van der Waals surface area contributed by atoms with E-state index in [4.69, 9.17) is 14.4 Å². The van der Waals surface area contributed by atoms with Crippen LogP contribution in [0, 0.1) is 13.8 Å². The molecule has 7 rings (SSSR count). The van der Waals surface area contributed by atoms with Gasteiger partial charge < -0.3 is 4.42 Å². The van der Waals surface area contributed by atoms with Gasteiger partial charge in [0.15, 0.2) is 5.58 Å². The number of pyridine rings is 3. The molecule has 0 unspecified atom stereocenters. The Hall–Kier alpha value is -4.57. The summed E-state index contributed by atoms with van der Waals surface area (Å²) < 4.78 is 6.53. The van der Waals surface area contributed by atoms with Gasteiger partial charge in [0, 0.05) is 45.2 Å². The molecule has 4 nitrogen and oxygen atoms in total. The highest BCUT2D eigenvalue weighted by molar-refractivity contribution is 6.16. The predicted octanol–water partition coefficient (Wildman–Crippen LogP) is 8.03. The number of nitrogens with zero attached hydrogens (tertiary/aromatic N) is 3. The van der Waals surface area contributed by atoms with E-state index in [9.17, 15) is 0 Å². The van der Waals surface area contributed by atoms with Gasteiger partial charge in [0.1, 0.15) is 11.1 Å². The first-order chi connectivity index (χ1) is 17.2. The molecule has 0 fully saturated rings. The van der Waals surface area contributed by atoms with Crippen LogP contribution in [-0.2, 0) is 0 Å². The molecular formula is C31H21N3O. The molecule has 0 radical (unpaired) electrons. The molecule has 4 heteroatoms. The predicted molar refractivity (Wildman–Crippen MR) is 142 cm³/mol. The van der Waals surface area contributed by atoms with Crippen molar-refractivity contribution in [1.82, 2.24) is 15.0 Å². The number of rotatable bonds is 2. The molecule has 0 spiro atoms. The summed E-state index contributed by atoms with van der Waals surface area (Å²) >= 11 is 0. The number of hydrogen-bond acceptors (Lipinski definition) is 4. The summed E-state index contributed by atoms with van der Waals surface area (Å²) in [6, 6.07) is 27.3. The van der Waals surface area contributed by atoms with E-state index in [1.54, 1.807) is 0 Å². The van der Waals surface area contributed by atoms with Gasteiger partial charge in [0.2, 0.25) is 0 Å². The molecule has 0 aliphatic heterocycles. The summed E-state index contributed by atoms with van der Waals surface area (Å²) in [6.07, 6.45) is 3.77.